The number of aryl methyl sites for hydroxylation is 1. The SMILES string of the molecule is Cc1cc(COCCCCC2CCCCNC2)ccc1-c1ccccc1. The Morgan fingerprint density at radius 1 is 1.04 bits per heavy atom. The van der Waals surface area contributed by atoms with Gasteiger partial charge >= 0.3 is 0 Å². The Balaban J connectivity index is 1.36. The quantitative estimate of drug-likeness (QED) is 0.612. The summed E-state index contributed by atoms with van der Waals surface area (Å²) in [5.74, 6) is 0.880. The van der Waals surface area contributed by atoms with Crippen molar-refractivity contribution < 1.29 is 4.74 Å². The standard InChI is InChI=1S/C24H33NO/c1-20-17-22(13-14-24(20)23-11-3-2-4-12-23)19-26-16-8-6-10-21-9-5-7-15-25-18-21/h2-4,11-14,17,21,25H,5-10,15-16,18-19H2,1H3. The van der Waals surface area contributed by atoms with E-state index in [0.29, 0.717) is 0 Å². The van der Waals surface area contributed by atoms with Crippen LogP contribution in [0.3, 0.4) is 0 Å². The summed E-state index contributed by atoms with van der Waals surface area (Å²) in [6.45, 7) is 6.21. The largest absolute Gasteiger partial charge is 0.377 e. The number of benzene rings is 2. The minimum absolute atomic E-state index is 0.723. The topological polar surface area (TPSA) is 21.3 Å². The van der Waals surface area contributed by atoms with Crippen LogP contribution in [-0.4, -0.2) is 19.7 Å². The molecule has 1 aliphatic rings. The lowest BCUT2D eigenvalue weighted by molar-refractivity contribution is 0.115. The molecule has 0 aromatic heterocycles. The smallest absolute Gasteiger partial charge is 0.0716 e. The van der Waals surface area contributed by atoms with Gasteiger partial charge in [0.15, 0.2) is 0 Å². The summed E-state index contributed by atoms with van der Waals surface area (Å²) in [6, 6.07) is 17.3. The van der Waals surface area contributed by atoms with Crippen LogP contribution in [0.2, 0.25) is 0 Å². The molecular formula is C24H33NO. The highest BCUT2D eigenvalue weighted by atomic mass is 16.5. The third-order valence-electron chi connectivity index (χ3n) is 5.44. The van der Waals surface area contributed by atoms with Gasteiger partial charge in [0.05, 0.1) is 6.61 Å². The Bertz CT molecular complexity index is 645. The van der Waals surface area contributed by atoms with Gasteiger partial charge < -0.3 is 10.1 Å². The molecule has 0 amide bonds. The molecule has 3 rings (SSSR count). The number of unbranched alkanes of at least 4 members (excludes halogenated alkanes) is 1. The third kappa shape index (κ3) is 5.96. The van der Waals surface area contributed by atoms with Gasteiger partial charge in [-0.2, -0.15) is 0 Å². The number of nitrogens with one attached hydrogen (secondary N) is 1. The van der Waals surface area contributed by atoms with Crippen LogP contribution in [0, 0.1) is 12.8 Å². The predicted octanol–water partition coefficient (Wildman–Crippen LogP) is 5.74. The maximum atomic E-state index is 5.92. The highest BCUT2D eigenvalue weighted by Gasteiger charge is 2.11. The van der Waals surface area contributed by atoms with Crippen LogP contribution in [0.15, 0.2) is 48.5 Å². The number of ether oxygens (including phenoxy) is 1. The first-order chi connectivity index (χ1) is 12.8. The Hall–Kier alpha value is -1.64. The summed E-state index contributed by atoms with van der Waals surface area (Å²) >= 11 is 0. The van der Waals surface area contributed by atoms with E-state index in [4.69, 9.17) is 4.74 Å². The van der Waals surface area contributed by atoms with Gasteiger partial charge in [-0.1, -0.05) is 61.4 Å². The molecule has 0 saturated carbocycles. The van der Waals surface area contributed by atoms with E-state index in [9.17, 15) is 0 Å². The molecule has 2 nitrogen and oxygen atoms in total. The van der Waals surface area contributed by atoms with Crippen molar-refractivity contribution in [3.63, 3.8) is 0 Å². The molecule has 2 aromatic carbocycles. The van der Waals surface area contributed by atoms with Gasteiger partial charge in [-0.25, -0.2) is 0 Å². The molecule has 1 unspecified atom stereocenters. The Kier molecular flexibility index (Phi) is 7.72. The Morgan fingerprint density at radius 3 is 2.77 bits per heavy atom. The molecule has 2 aromatic rings. The van der Waals surface area contributed by atoms with Crippen molar-refractivity contribution in [2.24, 2.45) is 5.92 Å². The van der Waals surface area contributed by atoms with E-state index < -0.39 is 0 Å². The Morgan fingerprint density at radius 2 is 1.92 bits per heavy atom. The van der Waals surface area contributed by atoms with Gasteiger partial charge in [-0.05, 0) is 73.9 Å². The van der Waals surface area contributed by atoms with Crippen molar-refractivity contribution in [2.75, 3.05) is 19.7 Å². The molecule has 0 spiro atoms. The van der Waals surface area contributed by atoms with E-state index in [1.54, 1.807) is 0 Å². The fourth-order valence-electron chi connectivity index (χ4n) is 3.92. The molecule has 26 heavy (non-hydrogen) atoms. The maximum absolute atomic E-state index is 5.92. The highest BCUT2D eigenvalue weighted by Crippen LogP contribution is 2.24. The average molecular weight is 352 g/mol. The molecule has 1 heterocycles. The lowest BCUT2D eigenvalue weighted by Crippen LogP contribution is -2.20. The van der Waals surface area contributed by atoms with Gasteiger partial charge in [0.25, 0.3) is 0 Å². The molecule has 1 saturated heterocycles. The van der Waals surface area contributed by atoms with Crippen LogP contribution in [0.1, 0.15) is 49.7 Å². The lowest BCUT2D eigenvalue weighted by atomic mass is 9.97. The molecule has 0 bridgehead atoms. The molecule has 1 N–H and O–H groups in total. The molecule has 0 radical (unpaired) electrons. The molecular weight excluding hydrogens is 318 g/mol. The molecule has 1 atom stereocenters. The van der Waals surface area contributed by atoms with Gasteiger partial charge in [-0.3, -0.25) is 0 Å². The van der Waals surface area contributed by atoms with Crippen molar-refractivity contribution in [2.45, 2.75) is 52.1 Å². The zero-order valence-corrected chi connectivity index (χ0v) is 16.2. The van der Waals surface area contributed by atoms with E-state index in [1.165, 1.54) is 73.9 Å². The number of hydrogen-bond acceptors (Lipinski definition) is 2. The van der Waals surface area contributed by atoms with Crippen LogP contribution in [0.4, 0.5) is 0 Å². The predicted molar refractivity (Wildman–Crippen MR) is 110 cm³/mol. The normalized spacial score (nSPS) is 17.8. The molecule has 140 valence electrons. The second-order valence-corrected chi connectivity index (χ2v) is 7.63. The minimum Gasteiger partial charge on any atom is -0.377 e. The van der Waals surface area contributed by atoms with E-state index in [1.807, 2.05) is 0 Å². The fraction of sp³-hybridized carbons (Fsp3) is 0.500. The first kappa shape index (κ1) is 19.1. The summed E-state index contributed by atoms with van der Waals surface area (Å²) < 4.78 is 5.92. The fourth-order valence-corrected chi connectivity index (χ4v) is 3.92. The van der Waals surface area contributed by atoms with Gasteiger partial charge in [-0.15, -0.1) is 0 Å². The highest BCUT2D eigenvalue weighted by molar-refractivity contribution is 5.67. The lowest BCUT2D eigenvalue weighted by Gasteiger charge is -2.14. The monoisotopic (exact) mass is 351 g/mol. The van der Waals surface area contributed by atoms with Gasteiger partial charge in [0, 0.05) is 6.61 Å². The summed E-state index contributed by atoms with van der Waals surface area (Å²) in [6.07, 6.45) is 7.96. The first-order valence-electron chi connectivity index (χ1n) is 10.3. The van der Waals surface area contributed by atoms with Crippen molar-refractivity contribution in [3.05, 3.63) is 59.7 Å². The second kappa shape index (κ2) is 10.5. The average Bonchev–Trinajstić information content (AvgIpc) is 2.94. The summed E-state index contributed by atoms with van der Waals surface area (Å²) in [4.78, 5) is 0. The van der Waals surface area contributed by atoms with Crippen molar-refractivity contribution in [3.8, 4) is 11.1 Å². The van der Waals surface area contributed by atoms with E-state index in [-0.39, 0.29) is 0 Å². The molecule has 0 aliphatic carbocycles. The van der Waals surface area contributed by atoms with Crippen LogP contribution < -0.4 is 5.32 Å². The zero-order valence-electron chi connectivity index (χ0n) is 16.2. The third-order valence-corrected chi connectivity index (χ3v) is 5.44. The van der Waals surface area contributed by atoms with Crippen LogP contribution in [-0.2, 0) is 11.3 Å². The summed E-state index contributed by atoms with van der Waals surface area (Å²) in [5, 5.41) is 3.56. The minimum atomic E-state index is 0.723. The van der Waals surface area contributed by atoms with Crippen LogP contribution in [0.5, 0.6) is 0 Å². The van der Waals surface area contributed by atoms with Crippen molar-refractivity contribution in [1.82, 2.24) is 5.32 Å². The van der Waals surface area contributed by atoms with Crippen LogP contribution in [0.25, 0.3) is 11.1 Å². The van der Waals surface area contributed by atoms with E-state index >= 15 is 0 Å². The van der Waals surface area contributed by atoms with Crippen molar-refractivity contribution in [1.29, 1.82) is 0 Å². The molecule has 1 aliphatic heterocycles. The first-order valence-corrected chi connectivity index (χ1v) is 10.3. The molecule has 1 fully saturated rings. The maximum Gasteiger partial charge on any atom is 0.0716 e. The van der Waals surface area contributed by atoms with Crippen molar-refractivity contribution >= 4 is 0 Å². The van der Waals surface area contributed by atoms with E-state index in [2.05, 4.69) is 60.8 Å². The summed E-state index contributed by atoms with van der Waals surface area (Å²) in [5.41, 5.74) is 5.19. The molecule has 2 heteroatoms. The zero-order chi connectivity index (χ0) is 18.0. The second-order valence-electron chi connectivity index (χ2n) is 7.63. The van der Waals surface area contributed by atoms with Crippen LogP contribution >= 0.6 is 0 Å². The summed E-state index contributed by atoms with van der Waals surface area (Å²) in [7, 11) is 0. The van der Waals surface area contributed by atoms with Gasteiger partial charge in [0.1, 0.15) is 0 Å². The number of rotatable bonds is 8. The van der Waals surface area contributed by atoms with Gasteiger partial charge in [0.2, 0.25) is 0 Å². The Labute approximate surface area is 159 Å². The van der Waals surface area contributed by atoms with E-state index in [0.717, 1.165) is 19.1 Å². The number of hydrogen-bond donors (Lipinski definition) is 1.